The zero-order valence-electron chi connectivity index (χ0n) is 22.3. The molecule has 0 aliphatic rings. The van der Waals surface area contributed by atoms with Crippen LogP contribution in [-0.2, 0) is 30.7 Å². The lowest BCUT2D eigenvalue weighted by molar-refractivity contribution is -0.132. The van der Waals surface area contributed by atoms with Gasteiger partial charge in [0.2, 0.25) is 5.78 Å². The van der Waals surface area contributed by atoms with Crippen LogP contribution in [0.5, 0.6) is 0 Å². The molecule has 3 aromatic rings. The van der Waals surface area contributed by atoms with Crippen molar-refractivity contribution in [2.75, 3.05) is 21.3 Å². The maximum Gasteiger partial charge on any atom is 0.360 e. The van der Waals surface area contributed by atoms with Crippen molar-refractivity contribution in [2.24, 2.45) is 15.5 Å². The summed E-state index contributed by atoms with van der Waals surface area (Å²) < 4.78 is 4.81. The smallest absolute Gasteiger partial charge is 0.360 e. The fraction of sp³-hybridized carbons (Fsp3) is 0.167. The lowest BCUT2D eigenvalue weighted by atomic mass is 10.0. The molecule has 0 aliphatic carbocycles. The van der Waals surface area contributed by atoms with Crippen LogP contribution in [-0.4, -0.2) is 50.2 Å². The zero-order chi connectivity index (χ0) is 28.9. The monoisotopic (exact) mass is 559 g/mol. The van der Waals surface area contributed by atoms with Crippen molar-refractivity contribution in [3.8, 4) is 11.8 Å². The second-order valence-corrected chi connectivity index (χ2v) is 8.45. The van der Waals surface area contributed by atoms with E-state index in [1.807, 2.05) is 0 Å². The zero-order valence-corrected chi connectivity index (χ0v) is 23.1. The van der Waals surface area contributed by atoms with E-state index in [0.29, 0.717) is 44.3 Å². The summed E-state index contributed by atoms with van der Waals surface area (Å²) in [5.41, 5.74) is 3.75. The molecule has 0 aliphatic heterocycles. The number of halogens is 1. The molecule has 0 aromatic heterocycles. The van der Waals surface area contributed by atoms with Gasteiger partial charge in [0.25, 0.3) is 0 Å². The number of ketones is 1. The molecule has 0 fully saturated rings. The Labute approximate surface area is 237 Å². The average molecular weight is 560 g/mol. The molecule has 0 heterocycles. The normalized spacial score (nSPS) is 11.7. The second-order valence-electron chi connectivity index (χ2n) is 8.01. The number of rotatable bonds is 10. The SMILES string of the molecule is CON=C(C(=O)OC)c1ccccc1CON=C(C)/C(=N/OC)c1ccc(C#CC(=O)c2cccc(Cl)c2)cc1. The van der Waals surface area contributed by atoms with Gasteiger partial charge in [0.05, 0.1) is 7.11 Å². The number of carbonyl (C=O) groups excluding carboxylic acids is 2. The Balaban J connectivity index is 1.75. The van der Waals surface area contributed by atoms with E-state index in [2.05, 4.69) is 27.3 Å². The number of hydrogen-bond donors (Lipinski definition) is 0. The van der Waals surface area contributed by atoms with Gasteiger partial charge in [-0.25, -0.2) is 4.79 Å². The van der Waals surface area contributed by atoms with Gasteiger partial charge < -0.3 is 19.2 Å². The minimum Gasteiger partial charge on any atom is -0.464 e. The van der Waals surface area contributed by atoms with E-state index in [4.69, 9.17) is 30.9 Å². The molecule has 0 saturated carbocycles. The van der Waals surface area contributed by atoms with Gasteiger partial charge in [0.15, 0.2) is 5.71 Å². The number of esters is 1. The number of benzene rings is 3. The van der Waals surface area contributed by atoms with E-state index in [9.17, 15) is 9.59 Å². The predicted molar refractivity (Wildman–Crippen MR) is 153 cm³/mol. The highest BCUT2D eigenvalue weighted by atomic mass is 35.5. The number of Topliss-reactive ketones (excluding diaryl/α,β-unsaturated/α-hetero) is 1. The highest BCUT2D eigenvalue weighted by Crippen LogP contribution is 2.15. The molecule has 0 unspecified atom stereocenters. The van der Waals surface area contributed by atoms with Crippen LogP contribution in [0.3, 0.4) is 0 Å². The molecule has 0 bridgehead atoms. The molecular formula is C30H26ClN3O6. The first-order chi connectivity index (χ1) is 19.4. The molecule has 0 spiro atoms. The summed E-state index contributed by atoms with van der Waals surface area (Å²) in [5.74, 6) is 4.50. The van der Waals surface area contributed by atoms with Gasteiger partial charge in [-0.1, -0.05) is 81.5 Å². The van der Waals surface area contributed by atoms with E-state index in [-0.39, 0.29) is 18.1 Å². The first-order valence-corrected chi connectivity index (χ1v) is 12.2. The second kappa shape index (κ2) is 14.9. The minimum atomic E-state index is -0.648. The molecule has 0 atom stereocenters. The Morgan fingerprint density at radius 2 is 1.52 bits per heavy atom. The number of oxime groups is 3. The molecule has 0 saturated heterocycles. The Morgan fingerprint density at radius 3 is 2.20 bits per heavy atom. The molecule has 3 aromatic carbocycles. The van der Waals surface area contributed by atoms with Crippen molar-refractivity contribution in [1.29, 1.82) is 0 Å². The van der Waals surface area contributed by atoms with Crippen LogP contribution in [0.2, 0.25) is 5.02 Å². The van der Waals surface area contributed by atoms with Gasteiger partial charge in [0.1, 0.15) is 32.2 Å². The number of methoxy groups -OCH3 is 1. The summed E-state index contributed by atoms with van der Waals surface area (Å²) in [7, 11) is 4.03. The number of hydrogen-bond acceptors (Lipinski definition) is 9. The fourth-order valence-electron chi connectivity index (χ4n) is 3.46. The van der Waals surface area contributed by atoms with Gasteiger partial charge >= 0.3 is 5.97 Å². The first-order valence-electron chi connectivity index (χ1n) is 11.9. The maximum absolute atomic E-state index is 12.3. The molecule has 0 amide bonds. The third kappa shape index (κ3) is 8.03. The molecule has 3 rings (SSSR count). The number of nitrogens with zero attached hydrogens (tertiary/aromatic N) is 3. The molecule has 0 N–H and O–H groups in total. The van der Waals surface area contributed by atoms with E-state index in [0.717, 1.165) is 0 Å². The Bertz CT molecular complexity index is 1520. The first kappa shape index (κ1) is 29.6. The van der Waals surface area contributed by atoms with Gasteiger partial charge in [-0.15, -0.1) is 0 Å². The van der Waals surface area contributed by atoms with Crippen LogP contribution in [0, 0.1) is 11.8 Å². The van der Waals surface area contributed by atoms with Crippen LogP contribution in [0.25, 0.3) is 0 Å². The number of carbonyl (C=O) groups is 2. The van der Waals surface area contributed by atoms with Crippen molar-refractivity contribution >= 4 is 40.5 Å². The van der Waals surface area contributed by atoms with E-state index < -0.39 is 5.97 Å². The molecular weight excluding hydrogens is 534 g/mol. The lowest BCUT2D eigenvalue weighted by Crippen LogP contribution is -2.19. The fourth-order valence-corrected chi connectivity index (χ4v) is 3.65. The lowest BCUT2D eigenvalue weighted by Gasteiger charge is -2.10. The predicted octanol–water partition coefficient (Wildman–Crippen LogP) is 5.04. The minimum absolute atomic E-state index is 0.00370. The summed E-state index contributed by atoms with van der Waals surface area (Å²) in [4.78, 5) is 39.9. The van der Waals surface area contributed by atoms with Crippen molar-refractivity contribution in [3.63, 3.8) is 0 Å². The Morgan fingerprint density at radius 1 is 0.825 bits per heavy atom. The Hall–Kier alpha value is -4.94. The van der Waals surface area contributed by atoms with Crippen molar-refractivity contribution in [2.45, 2.75) is 13.5 Å². The van der Waals surface area contributed by atoms with Crippen molar-refractivity contribution in [1.82, 2.24) is 0 Å². The van der Waals surface area contributed by atoms with E-state index in [1.54, 1.807) is 79.7 Å². The van der Waals surface area contributed by atoms with Gasteiger partial charge in [0, 0.05) is 32.8 Å². The quantitative estimate of drug-likeness (QED) is 0.113. The van der Waals surface area contributed by atoms with E-state index >= 15 is 0 Å². The summed E-state index contributed by atoms with van der Waals surface area (Å²) in [6.45, 7) is 1.75. The standard InChI is InChI=1S/C30H26ClN3O6/c1-20(32-40-19-24-8-5-6-11-26(24)29(34-39-4)30(36)37-2)28(33-38-3)22-15-12-21(13-16-22)14-17-27(35)23-9-7-10-25(31)18-23/h5-13,15-16,18H,19H2,1-4H3/b32-20?,33-28-,34-29?. The van der Waals surface area contributed by atoms with Crippen molar-refractivity contribution < 1.29 is 28.8 Å². The molecule has 204 valence electrons. The highest BCUT2D eigenvalue weighted by Gasteiger charge is 2.19. The third-order valence-electron chi connectivity index (χ3n) is 5.35. The summed E-state index contributed by atoms with van der Waals surface area (Å²) in [6, 6.07) is 20.7. The highest BCUT2D eigenvalue weighted by molar-refractivity contribution is 6.47. The molecule has 0 radical (unpaired) electrons. The topological polar surface area (TPSA) is 108 Å². The van der Waals surface area contributed by atoms with Crippen LogP contribution in [0.1, 0.15) is 39.5 Å². The van der Waals surface area contributed by atoms with Gasteiger partial charge in [-0.05, 0) is 37.1 Å². The Kier molecular flexibility index (Phi) is 11.0. The van der Waals surface area contributed by atoms with Crippen LogP contribution >= 0.6 is 11.6 Å². The summed E-state index contributed by atoms with van der Waals surface area (Å²) in [6.07, 6.45) is 0. The van der Waals surface area contributed by atoms with Crippen LogP contribution < -0.4 is 0 Å². The molecule has 40 heavy (non-hydrogen) atoms. The maximum atomic E-state index is 12.3. The average Bonchev–Trinajstić information content (AvgIpc) is 2.97. The number of ether oxygens (including phenoxy) is 1. The molecule has 9 nitrogen and oxygen atoms in total. The van der Waals surface area contributed by atoms with Crippen LogP contribution in [0.15, 0.2) is 88.3 Å². The van der Waals surface area contributed by atoms with Gasteiger partial charge in [-0.3, -0.25) is 4.79 Å². The largest absolute Gasteiger partial charge is 0.464 e. The van der Waals surface area contributed by atoms with E-state index in [1.165, 1.54) is 21.3 Å². The summed E-state index contributed by atoms with van der Waals surface area (Å²) in [5, 5.41) is 12.5. The third-order valence-corrected chi connectivity index (χ3v) is 5.58. The van der Waals surface area contributed by atoms with Crippen LogP contribution in [0.4, 0.5) is 0 Å². The molecule has 10 heteroatoms. The van der Waals surface area contributed by atoms with Crippen molar-refractivity contribution in [3.05, 3.63) is 106 Å². The van der Waals surface area contributed by atoms with Gasteiger partial charge in [-0.2, -0.15) is 0 Å². The summed E-state index contributed by atoms with van der Waals surface area (Å²) >= 11 is 5.95.